The number of piperazine rings is 1. The zero-order chi connectivity index (χ0) is 14.5. The van der Waals surface area contributed by atoms with Crippen LogP contribution in [0, 0.1) is 5.82 Å². The number of halogens is 2. The van der Waals surface area contributed by atoms with E-state index < -0.39 is 0 Å². The van der Waals surface area contributed by atoms with E-state index >= 15 is 0 Å². The molecular weight excluding hydrogens is 293 g/mol. The molecule has 1 aromatic rings. The number of hydrogen-bond acceptors (Lipinski definition) is 3. The van der Waals surface area contributed by atoms with Gasteiger partial charge in [-0.2, -0.15) is 0 Å². The van der Waals surface area contributed by atoms with Crippen molar-refractivity contribution in [3.63, 3.8) is 0 Å². The second-order valence-electron chi connectivity index (χ2n) is 5.47. The maximum Gasteiger partial charge on any atom is 0.234 e. The van der Waals surface area contributed by atoms with Crippen LogP contribution in [0.5, 0.6) is 0 Å². The quantitative estimate of drug-likeness (QED) is 0.889. The number of nitrogens with one attached hydrogen (secondary N) is 2. The number of carbonyl (C=O) groups is 1. The maximum atomic E-state index is 13.4. The van der Waals surface area contributed by atoms with Gasteiger partial charge < -0.3 is 10.6 Å². The van der Waals surface area contributed by atoms with Crippen molar-refractivity contribution >= 4 is 18.3 Å². The first-order valence-electron chi connectivity index (χ1n) is 7.06. The van der Waals surface area contributed by atoms with Gasteiger partial charge in [-0.15, -0.1) is 12.4 Å². The van der Waals surface area contributed by atoms with E-state index in [0.29, 0.717) is 6.54 Å². The number of hydrogen-bond donors (Lipinski definition) is 2. The van der Waals surface area contributed by atoms with E-state index in [0.717, 1.165) is 25.2 Å². The Labute approximate surface area is 131 Å². The summed E-state index contributed by atoms with van der Waals surface area (Å²) in [5, 5.41) is 6.20. The van der Waals surface area contributed by atoms with E-state index in [4.69, 9.17) is 0 Å². The van der Waals surface area contributed by atoms with Crippen LogP contribution in [-0.4, -0.2) is 43.0 Å². The van der Waals surface area contributed by atoms with Gasteiger partial charge >= 0.3 is 0 Å². The molecule has 0 aromatic heterocycles. The van der Waals surface area contributed by atoms with Gasteiger partial charge in [0.05, 0.1) is 6.54 Å². The molecule has 1 unspecified atom stereocenters. The van der Waals surface area contributed by atoms with Crippen LogP contribution >= 0.6 is 12.4 Å². The van der Waals surface area contributed by atoms with Crippen LogP contribution in [-0.2, 0) is 4.79 Å². The number of carbonyl (C=O) groups excluding carboxylic acids is 1. The average Bonchev–Trinajstić information content (AvgIpc) is 2.38. The molecule has 118 valence electrons. The van der Waals surface area contributed by atoms with Crippen LogP contribution < -0.4 is 10.6 Å². The lowest BCUT2D eigenvalue weighted by Crippen LogP contribution is -2.50. The van der Waals surface area contributed by atoms with Gasteiger partial charge in [-0.05, 0) is 31.5 Å². The van der Waals surface area contributed by atoms with Gasteiger partial charge in [-0.25, -0.2) is 4.39 Å². The molecule has 1 amide bonds. The van der Waals surface area contributed by atoms with Crippen LogP contribution in [0.1, 0.15) is 25.5 Å². The van der Waals surface area contributed by atoms with Crippen molar-refractivity contribution in [3.05, 3.63) is 35.6 Å². The van der Waals surface area contributed by atoms with Crippen LogP contribution in [0.15, 0.2) is 24.3 Å². The summed E-state index contributed by atoms with van der Waals surface area (Å²) in [7, 11) is 0. The molecule has 1 fully saturated rings. The highest BCUT2D eigenvalue weighted by Crippen LogP contribution is 2.22. The summed E-state index contributed by atoms with van der Waals surface area (Å²) in [5.41, 5.74) is 0.912. The lowest BCUT2D eigenvalue weighted by molar-refractivity contribution is -0.123. The third kappa shape index (κ3) is 5.26. The van der Waals surface area contributed by atoms with Gasteiger partial charge in [-0.3, -0.25) is 9.69 Å². The molecule has 1 aliphatic rings. The van der Waals surface area contributed by atoms with Gasteiger partial charge in [0.25, 0.3) is 0 Å². The minimum Gasteiger partial charge on any atom is -0.353 e. The summed E-state index contributed by atoms with van der Waals surface area (Å²) in [6, 6.07) is 6.79. The van der Waals surface area contributed by atoms with Crippen LogP contribution in [0.4, 0.5) is 4.39 Å². The van der Waals surface area contributed by atoms with E-state index in [2.05, 4.69) is 15.5 Å². The highest BCUT2D eigenvalue weighted by Gasteiger charge is 2.25. The molecule has 0 aliphatic carbocycles. The number of rotatable bonds is 4. The van der Waals surface area contributed by atoms with Gasteiger partial charge in [0.2, 0.25) is 5.91 Å². The molecule has 1 aromatic carbocycles. The van der Waals surface area contributed by atoms with Crippen molar-refractivity contribution in [3.8, 4) is 0 Å². The summed E-state index contributed by atoms with van der Waals surface area (Å²) < 4.78 is 13.4. The molecule has 0 bridgehead atoms. The third-order valence-electron chi connectivity index (χ3n) is 3.38. The van der Waals surface area contributed by atoms with Crippen molar-refractivity contribution < 1.29 is 9.18 Å². The molecule has 6 heteroatoms. The van der Waals surface area contributed by atoms with E-state index in [1.807, 2.05) is 19.9 Å². The maximum absolute atomic E-state index is 13.4. The first-order chi connectivity index (χ1) is 9.56. The Kier molecular flexibility index (Phi) is 7.08. The zero-order valence-corrected chi connectivity index (χ0v) is 13.3. The molecule has 2 rings (SSSR count). The monoisotopic (exact) mass is 315 g/mol. The third-order valence-corrected chi connectivity index (χ3v) is 3.38. The lowest BCUT2D eigenvalue weighted by atomic mass is 10.0. The van der Waals surface area contributed by atoms with Crippen molar-refractivity contribution in [2.45, 2.75) is 25.9 Å². The topological polar surface area (TPSA) is 44.4 Å². The van der Waals surface area contributed by atoms with Gasteiger partial charge in [0, 0.05) is 31.7 Å². The first-order valence-corrected chi connectivity index (χ1v) is 7.06. The average molecular weight is 316 g/mol. The Bertz CT molecular complexity index is 470. The van der Waals surface area contributed by atoms with E-state index in [9.17, 15) is 9.18 Å². The minimum atomic E-state index is -0.236. The van der Waals surface area contributed by atoms with Gasteiger partial charge in [0.15, 0.2) is 0 Å². The summed E-state index contributed by atoms with van der Waals surface area (Å²) in [6.07, 6.45) is 0. The van der Waals surface area contributed by atoms with Crippen molar-refractivity contribution in [2.24, 2.45) is 0 Å². The molecule has 0 spiro atoms. The summed E-state index contributed by atoms with van der Waals surface area (Å²) in [4.78, 5) is 14.0. The van der Waals surface area contributed by atoms with Crippen molar-refractivity contribution in [1.82, 2.24) is 15.5 Å². The summed E-state index contributed by atoms with van der Waals surface area (Å²) >= 11 is 0. The van der Waals surface area contributed by atoms with Crippen LogP contribution in [0.2, 0.25) is 0 Å². The Balaban J connectivity index is 0.00000220. The number of amides is 1. The molecule has 2 N–H and O–H groups in total. The summed E-state index contributed by atoms with van der Waals surface area (Å²) in [6.45, 7) is 6.60. The lowest BCUT2D eigenvalue weighted by Gasteiger charge is -2.36. The molecule has 4 nitrogen and oxygen atoms in total. The first kappa shape index (κ1) is 17.9. The molecule has 1 atom stereocenters. The Morgan fingerprint density at radius 2 is 2.29 bits per heavy atom. The fraction of sp³-hybridized carbons (Fsp3) is 0.533. The Morgan fingerprint density at radius 3 is 2.95 bits per heavy atom. The number of benzene rings is 1. The molecule has 1 heterocycles. The molecule has 0 radical (unpaired) electrons. The summed E-state index contributed by atoms with van der Waals surface area (Å²) in [5.74, 6) is -0.219. The van der Waals surface area contributed by atoms with E-state index in [1.54, 1.807) is 12.1 Å². The standard InChI is InChI=1S/C15H22FN3O.ClH/c1-11(2)18-15(20)10-19-7-6-17-9-14(19)12-4-3-5-13(16)8-12;/h3-5,8,11,14,17H,6-7,9-10H2,1-2H3,(H,18,20);1H. The molecule has 1 saturated heterocycles. The molecule has 1 aliphatic heterocycles. The normalized spacial score (nSPS) is 19.1. The van der Waals surface area contributed by atoms with Crippen LogP contribution in [0.25, 0.3) is 0 Å². The zero-order valence-electron chi connectivity index (χ0n) is 12.4. The van der Waals surface area contributed by atoms with E-state index in [1.165, 1.54) is 6.07 Å². The predicted molar refractivity (Wildman–Crippen MR) is 84.1 cm³/mol. The highest BCUT2D eigenvalue weighted by molar-refractivity contribution is 5.85. The van der Waals surface area contributed by atoms with Crippen LogP contribution in [0.3, 0.4) is 0 Å². The largest absolute Gasteiger partial charge is 0.353 e. The SMILES string of the molecule is CC(C)NC(=O)CN1CCNCC1c1cccc(F)c1.Cl. The molecule has 0 saturated carbocycles. The van der Waals surface area contributed by atoms with Crippen molar-refractivity contribution in [2.75, 3.05) is 26.2 Å². The smallest absolute Gasteiger partial charge is 0.234 e. The second kappa shape index (κ2) is 8.32. The highest BCUT2D eigenvalue weighted by atomic mass is 35.5. The predicted octanol–water partition coefficient (Wildman–Crippen LogP) is 1.72. The van der Waals surface area contributed by atoms with Crippen molar-refractivity contribution in [1.29, 1.82) is 0 Å². The minimum absolute atomic E-state index is 0. The fourth-order valence-corrected chi connectivity index (χ4v) is 2.53. The molecular formula is C15H23ClFN3O. The Hall–Kier alpha value is -1.17. The fourth-order valence-electron chi connectivity index (χ4n) is 2.53. The van der Waals surface area contributed by atoms with E-state index in [-0.39, 0.29) is 36.2 Å². The van der Waals surface area contributed by atoms with Gasteiger partial charge in [-0.1, -0.05) is 12.1 Å². The Morgan fingerprint density at radius 1 is 1.52 bits per heavy atom. The molecule has 21 heavy (non-hydrogen) atoms. The second-order valence-corrected chi connectivity index (χ2v) is 5.47. The van der Waals surface area contributed by atoms with Gasteiger partial charge in [0.1, 0.15) is 5.82 Å². The number of nitrogens with zero attached hydrogens (tertiary/aromatic N) is 1.